The molecular formula is C18H17BrN2O2. The number of carbonyl (C=O) groups excluding carboxylic acids is 2. The van der Waals surface area contributed by atoms with Crippen LogP contribution in [-0.2, 0) is 16.9 Å². The minimum Gasteiger partial charge on any atom is -0.319 e. The van der Waals surface area contributed by atoms with Crippen molar-refractivity contribution >= 4 is 27.9 Å². The Hall–Kier alpha value is -2.14. The average Bonchev–Trinajstić information content (AvgIpc) is 2.74. The number of nitrogens with one attached hydrogen (secondary N) is 1. The van der Waals surface area contributed by atoms with Crippen LogP contribution in [0, 0.1) is 6.92 Å². The van der Waals surface area contributed by atoms with Gasteiger partial charge in [-0.15, -0.1) is 0 Å². The Kier molecular flexibility index (Phi) is 3.98. The van der Waals surface area contributed by atoms with Crippen molar-refractivity contribution in [1.82, 2.24) is 10.2 Å². The maximum atomic E-state index is 12.9. The average molecular weight is 373 g/mol. The quantitative estimate of drug-likeness (QED) is 0.834. The first kappa shape index (κ1) is 15.7. The van der Waals surface area contributed by atoms with Gasteiger partial charge in [-0.3, -0.25) is 9.69 Å². The van der Waals surface area contributed by atoms with Crippen molar-refractivity contribution < 1.29 is 9.59 Å². The van der Waals surface area contributed by atoms with Crippen LogP contribution in [0.3, 0.4) is 0 Å². The van der Waals surface area contributed by atoms with Gasteiger partial charge in [-0.25, -0.2) is 4.79 Å². The molecule has 1 saturated heterocycles. The molecule has 118 valence electrons. The lowest BCUT2D eigenvalue weighted by Gasteiger charge is -2.24. The summed E-state index contributed by atoms with van der Waals surface area (Å²) in [5.41, 5.74) is 1.67. The van der Waals surface area contributed by atoms with Crippen molar-refractivity contribution in [1.29, 1.82) is 0 Å². The van der Waals surface area contributed by atoms with Crippen LogP contribution in [0.15, 0.2) is 53.0 Å². The van der Waals surface area contributed by atoms with Crippen molar-refractivity contribution in [3.05, 3.63) is 69.7 Å². The maximum Gasteiger partial charge on any atom is 0.325 e. The second-order valence-corrected chi connectivity index (χ2v) is 6.71. The van der Waals surface area contributed by atoms with E-state index in [1.54, 1.807) is 6.92 Å². The fraction of sp³-hybridized carbons (Fsp3) is 0.222. The summed E-state index contributed by atoms with van der Waals surface area (Å²) in [4.78, 5) is 26.6. The second kappa shape index (κ2) is 5.81. The molecule has 2 aromatic rings. The predicted octanol–water partition coefficient (Wildman–Crippen LogP) is 3.72. The third kappa shape index (κ3) is 2.65. The monoisotopic (exact) mass is 372 g/mol. The molecule has 4 nitrogen and oxygen atoms in total. The molecule has 1 atom stereocenters. The van der Waals surface area contributed by atoms with Gasteiger partial charge in [0.15, 0.2) is 0 Å². The van der Waals surface area contributed by atoms with Crippen LogP contribution in [-0.4, -0.2) is 16.8 Å². The number of benzene rings is 2. The van der Waals surface area contributed by atoms with Gasteiger partial charge in [0.05, 0.1) is 6.54 Å². The zero-order chi connectivity index (χ0) is 16.6. The normalized spacial score (nSPS) is 20.7. The molecular weight excluding hydrogens is 356 g/mol. The topological polar surface area (TPSA) is 49.4 Å². The first-order valence-electron chi connectivity index (χ1n) is 7.37. The fourth-order valence-electron chi connectivity index (χ4n) is 2.95. The molecule has 3 amide bonds. The van der Waals surface area contributed by atoms with E-state index >= 15 is 0 Å². The minimum absolute atomic E-state index is 0.229. The third-order valence-electron chi connectivity index (χ3n) is 4.25. The zero-order valence-corrected chi connectivity index (χ0v) is 14.6. The Morgan fingerprint density at radius 2 is 1.74 bits per heavy atom. The molecule has 2 aromatic carbocycles. The van der Waals surface area contributed by atoms with Gasteiger partial charge in [0, 0.05) is 4.47 Å². The fourth-order valence-corrected chi connectivity index (χ4v) is 3.36. The van der Waals surface area contributed by atoms with Crippen LogP contribution in [0.2, 0.25) is 0 Å². The maximum absolute atomic E-state index is 12.9. The number of carbonyl (C=O) groups is 2. The van der Waals surface area contributed by atoms with E-state index in [2.05, 4.69) is 21.2 Å². The van der Waals surface area contributed by atoms with E-state index in [-0.39, 0.29) is 18.5 Å². The van der Waals surface area contributed by atoms with Crippen molar-refractivity contribution in [2.24, 2.45) is 0 Å². The highest BCUT2D eigenvalue weighted by molar-refractivity contribution is 9.10. The highest BCUT2D eigenvalue weighted by Crippen LogP contribution is 2.32. The van der Waals surface area contributed by atoms with Gasteiger partial charge in [-0.2, -0.15) is 0 Å². The number of aryl methyl sites for hydroxylation is 1. The first-order valence-corrected chi connectivity index (χ1v) is 8.16. The largest absolute Gasteiger partial charge is 0.325 e. The summed E-state index contributed by atoms with van der Waals surface area (Å²) in [6, 6.07) is 14.8. The Balaban J connectivity index is 1.94. The number of amides is 3. The molecule has 1 fully saturated rings. The van der Waals surface area contributed by atoms with E-state index < -0.39 is 5.54 Å². The summed E-state index contributed by atoms with van der Waals surface area (Å²) in [5, 5.41) is 2.85. The van der Waals surface area contributed by atoms with Crippen molar-refractivity contribution in [3.8, 4) is 0 Å². The van der Waals surface area contributed by atoms with E-state index in [9.17, 15) is 9.59 Å². The lowest BCUT2D eigenvalue weighted by atomic mass is 9.88. The number of urea groups is 1. The first-order chi connectivity index (χ1) is 10.9. The molecule has 0 radical (unpaired) electrons. The van der Waals surface area contributed by atoms with Gasteiger partial charge in [-0.1, -0.05) is 58.4 Å². The molecule has 1 N–H and O–H groups in total. The second-order valence-electron chi connectivity index (χ2n) is 5.85. The summed E-state index contributed by atoms with van der Waals surface area (Å²) in [6.07, 6.45) is 0. The van der Waals surface area contributed by atoms with E-state index in [1.165, 1.54) is 4.90 Å². The molecule has 3 rings (SSSR count). The number of imide groups is 1. The van der Waals surface area contributed by atoms with Gasteiger partial charge in [0.1, 0.15) is 5.54 Å². The minimum atomic E-state index is -1.02. The molecule has 0 aromatic heterocycles. The van der Waals surface area contributed by atoms with E-state index in [4.69, 9.17) is 0 Å². The molecule has 1 heterocycles. The molecule has 0 saturated carbocycles. The third-order valence-corrected chi connectivity index (χ3v) is 5.02. The van der Waals surface area contributed by atoms with Gasteiger partial charge in [0.2, 0.25) is 0 Å². The highest BCUT2D eigenvalue weighted by atomic mass is 79.9. The Labute approximate surface area is 143 Å². The Morgan fingerprint density at radius 1 is 1.09 bits per heavy atom. The number of rotatable bonds is 3. The lowest BCUT2D eigenvalue weighted by molar-refractivity contribution is -0.131. The standard InChI is InChI=1S/C18H17BrN2O2/c1-12-7-3-5-9-14(12)18(2)16(22)21(17(23)20-18)11-13-8-4-6-10-15(13)19/h3-10H,11H2,1-2H3,(H,20,23). The molecule has 0 bridgehead atoms. The van der Waals surface area contributed by atoms with E-state index in [0.29, 0.717) is 0 Å². The zero-order valence-electron chi connectivity index (χ0n) is 13.0. The Morgan fingerprint density at radius 3 is 2.43 bits per heavy atom. The summed E-state index contributed by atoms with van der Waals surface area (Å²) in [6.45, 7) is 3.94. The predicted molar refractivity (Wildman–Crippen MR) is 91.8 cm³/mol. The number of nitrogens with zero attached hydrogens (tertiary/aromatic N) is 1. The van der Waals surface area contributed by atoms with Crippen molar-refractivity contribution in [3.63, 3.8) is 0 Å². The molecule has 1 aliphatic heterocycles. The van der Waals surface area contributed by atoms with Gasteiger partial charge >= 0.3 is 6.03 Å². The van der Waals surface area contributed by atoms with E-state index in [0.717, 1.165) is 21.2 Å². The highest BCUT2D eigenvalue weighted by Gasteiger charge is 2.49. The Bertz CT molecular complexity index is 790. The van der Waals surface area contributed by atoms with Gasteiger partial charge in [0.25, 0.3) is 5.91 Å². The number of hydrogen-bond acceptors (Lipinski definition) is 2. The molecule has 0 spiro atoms. The van der Waals surface area contributed by atoms with Gasteiger partial charge in [-0.05, 0) is 36.6 Å². The van der Waals surface area contributed by atoms with Crippen LogP contribution in [0.5, 0.6) is 0 Å². The number of hydrogen-bond donors (Lipinski definition) is 1. The summed E-state index contributed by atoms with van der Waals surface area (Å²) < 4.78 is 0.880. The van der Waals surface area contributed by atoms with Crippen LogP contribution in [0.4, 0.5) is 4.79 Å². The van der Waals surface area contributed by atoms with E-state index in [1.807, 2.05) is 55.5 Å². The molecule has 1 aliphatic rings. The van der Waals surface area contributed by atoms with Crippen LogP contribution in [0.25, 0.3) is 0 Å². The van der Waals surface area contributed by atoms with Crippen LogP contribution in [0.1, 0.15) is 23.6 Å². The lowest BCUT2D eigenvalue weighted by Crippen LogP contribution is -2.41. The van der Waals surface area contributed by atoms with Crippen molar-refractivity contribution in [2.45, 2.75) is 25.9 Å². The van der Waals surface area contributed by atoms with Crippen molar-refractivity contribution in [2.75, 3.05) is 0 Å². The summed E-state index contributed by atoms with van der Waals surface area (Å²) in [7, 11) is 0. The summed E-state index contributed by atoms with van der Waals surface area (Å²) in [5.74, 6) is -0.229. The number of halogens is 1. The molecule has 23 heavy (non-hydrogen) atoms. The van der Waals surface area contributed by atoms with Crippen LogP contribution < -0.4 is 5.32 Å². The molecule has 5 heteroatoms. The molecule has 1 unspecified atom stereocenters. The summed E-state index contributed by atoms with van der Waals surface area (Å²) >= 11 is 3.46. The SMILES string of the molecule is Cc1ccccc1C1(C)NC(=O)N(Cc2ccccc2Br)C1=O. The van der Waals surface area contributed by atoms with Gasteiger partial charge < -0.3 is 5.32 Å². The molecule has 0 aliphatic carbocycles. The van der Waals surface area contributed by atoms with Crippen LogP contribution >= 0.6 is 15.9 Å². The smallest absolute Gasteiger partial charge is 0.319 e.